The molecule has 0 aromatic heterocycles. The maximum absolute atomic E-state index is 12.6. The van der Waals surface area contributed by atoms with Gasteiger partial charge in [0.15, 0.2) is 0 Å². The van der Waals surface area contributed by atoms with E-state index in [0.717, 1.165) is 0 Å². The Kier molecular flexibility index (Phi) is 4.43. The molecule has 0 aliphatic carbocycles. The van der Waals surface area contributed by atoms with Gasteiger partial charge in [0.05, 0.1) is 0 Å². The number of nitrogens with zero attached hydrogens (tertiary/aromatic N) is 1. The van der Waals surface area contributed by atoms with E-state index in [1.54, 1.807) is 0 Å². The summed E-state index contributed by atoms with van der Waals surface area (Å²) in [6, 6.07) is 5.79. The van der Waals surface area contributed by atoms with Gasteiger partial charge in [0.1, 0.15) is 5.82 Å². The molecule has 1 rings (SSSR count). The zero-order valence-electron chi connectivity index (χ0n) is 9.83. The summed E-state index contributed by atoms with van der Waals surface area (Å²) in [5, 5.41) is 2.80. The van der Waals surface area contributed by atoms with Gasteiger partial charge in [-0.3, -0.25) is 4.79 Å². The van der Waals surface area contributed by atoms with E-state index in [1.807, 2.05) is 25.9 Å². The van der Waals surface area contributed by atoms with E-state index in [-0.39, 0.29) is 17.8 Å². The van der Waals surface area contributed by atoms with Gasteiger partial charge in [0, 0.05) is 18.2 Å². The van der Waals surface area contributed by atoms with Crippen molar-refractivity contribution in [2.45, 2.75) is 13.0 Å². The molecular formula is C12H17FN2O. The maximum atomic E-state index is 12.6. The Morgan fingerprint density at radius 3 is 2.44 bits per heavy atom. The fourth-order valence-electron chi connectivity index (χ4n) is 1.13. The molecule has 0 spiro atoms. The number of nitrogens with one attached hydrogen (secondary N) is 1. The molecule has 1 aromatic rings. The number of carbonyl (C=O) groups is 1. The van der Waals surface area contributed by atoms with Crippen LogP contribution in [-0.2, 0) is 0 Å². The predicted octanol–water partition coefficient (Wildman–Crippen LogP) is 1.51. The minimum Gasteiger partial charge on any atom is -0.350 e. The third kappa shape index (κ3) is 3.62. The summed E-state index contributed by atoms with van der Waals surface area (Å²) in [6.07, 6.45) is 0. The van der Waals surface area contributed by atoms with Crippen LogP contribution in [0, 0.1) is 5.82 Å². The van der Waals surface area contributed by atoms with Gasteiger partial charge in [0.2, 0.25) is 0 Å². The van der Waals surface area contributed by atoms with E-state index in [0.29, 0.717) is 12.1 Å². The molecule has 0 saturated heterocycles. The normalized spacial score (nSPS) is 12.6. The van der Waals surface area contributed by atoms with Crippen molar-refractivity contribution < 1.29 is 9.18 Å². The van der Waals surface area contributed by atoms with Crippen LogP contribution in [0.4, 0.5) is 4.39 Å². The van der Waals surface area contributed by atoms with Crippen LogP contribution < -0.4 is 5.32 Å². The first-order chi connectivity index (χ1) is 7.50. The molecule has 1 atom stereocenters. The summed E-state index contributed by atoms with van der Waals surface area (Å²) in [4.78, 5) is 13.6. The number of carbonyl (C=O) groups excluding carboxylic acids is 1. The molecule has 0 bridgehead atoms. The van der Waals surface area contributed by atoms with E-state index in [4.69, 9.17) is 0 Å². The largest absolute Gasteiger partial charge is 0.350 e. The van der Waals surface area contributed by atoms with Crippen LogP contribution in [0.3, 0.4) is 0 Å². The van der Waals surface area contributed by atoms with Crippen molar-refractivity contribution in [2.24, 2.45) is 0 Å². The summed E-state index contributed by atoms with van der Waals surface area (Å²) >= 11 is 0. The van der Waals surface area contributed by atoms with Gasteiger partial charge in [0.25, 0.3) is 5.91 Å². The zero-order chi connectivity index (χ0) is 12.1. The van der Waals surface area contributed by atoms with Crippen LogP contribution in [0.25, 0.3) is 0 Å². The molecule has 0 heterocycles. The highest BCUT2D eigenvalue weighted by atomic mass is 19.1. The quantitative estimate of drug-likeness (QED) is 0.840. The minimum absolute atomic E-state index is 0.172. The first kappa shape index (κ1) is 12.6. The molecule has 1 N–H and O–H groups in total. The van der Waals surface area contributed by atoms with Crippen LogP contribution in [0.15, 0.2) is 24.3 Å². The highest BCUT2D eigenvalue weighted by molar-refractivity contribution is 5.94. The lowest BCUT2D eigenvalue weighted by Crippen LogP contribution is -2.38. The zero-order valence-corrected chi connectivity index (χ0v) is 9.83. The predicted molar refractivity (Wildman–Crippen MR) is 61.9 cm³/mol. The molecule has 0 fully saturated rings. The Balaban J connectivity index is 2.50. The second-order valence-electron chi connectivity index (χ2n) is 4.03. The Bertz CT molecular complexity index is 349. The fourth-order valence-corrected chi connectivity index (χ4v) is 1.13. The highest BCUT2D eigenvalue weighted by Gasteiger charge is 2.08. The van der Waals surface area contributed by atoms with Gasteiger partial charge < -0.3 is 10.2 Å². The van der Waals surface area contributed by atoms with Gasteiger partial charge in [-0.25, -0.2) is 4.39 Å². The number of halogens is 1. The van der Waals surface area contributed by atoms with Gasteiger partial charge in [-0.2, -0.15) is 0 Å². The van der Waals surface area contributed by atoms with Crippen LogP contribution in [0.2, 0.25) is 0 Å². The smallest absolute Gasteiger partial charge is 0.251 e. The van der Waals surface area contributed by atoms with Crippen molar-refractivity contribution in [3.8, 4) is 0 Å². The van der Waals surface area contributed by atoms with Crippen molar-refractivity contribution in [1.29, 1.82) is 0 Å². The summed E-state index contributed by atoms with van der Waals surface area (Å²) in [5.74, 6) is -0.507. The van der Waals surface area contributed by atoms with E-state index in [2.05, 4.69) is 5.32 Å². The first-order valence-electron chi connectivity index (χ1n) is 5.21. The number of rotatable bonds is 4. The average molecular weight is 224 g/mol. The van der Waals surface area contributed by atoms with Crippen molar-refractivity contribution in [2.75, 3.05) is 20.6 Å². The molecule has 3 nitrogen and oxygen atoms in total. The Labute approximate surface area is 95.3 Å². The molecule has 4 heteroatoms. The minimum atomic E-state index is -0.335. The van der Waals surface area contributed by atoms with Crippen LogP contribution >= 0.6 is 0 Å². The molecule has 0 aliphatic heterocycles. The molecule has 1 aromatic carbocycles. The Morgan fingerprint density at radius 1 is 1.38 bits per heavy atom. The molecule has 0 radical (unpaired) electrons. The summed E-state index contributed by atoms with van der Waals surface area (Å²) < 4.78 is 12.6. The standard InChI is InChI=1S/C12H17FN2O/c1-9(15(2)3)8-14-12(16)10-4-6-11(13)7-5-10/h4-7,9H,8H2,1-3H3,(H,14,16). The average Bonchev–Trinajstić information content (AvgIpc) is 2.26. The monoisotopic (exact) mass is 224 g/mol. The van der Waals surface area contributed by atoms with E-state index < -0.39 is 0 Å². The first-order valence-corrected chi connectivity index (χ1v) is 5.21. The number of amides is 1. The van der Waals surface area contributed by atoms with Crippen molar-refractivity contribution in [3.05, 3.63) is 35.6 Å². The third-order valence-corrected chi connectivity index (χ3v) is 2.55. The topological polar surface area (TPSA) is 32.3 Å². The maximum Gasteiger partial charge on any atom is 0.251 e. The molecule has 88 valence electrons. The van der Waals surface area contributed by atoms with E-state index >= 15 is 0 Å². The van der Waals surface area contributed by atoms with Gasteiger partial charge >= 0.3 is 0 Å². The number of benzene rings is 1. The van der Waals surface area contributed by atoms with E-state index in [9.17, 15) is 9.18 Å². The molecular weight excluding hydrogens is 207 g/mol. The van der Waals surface area contributed by atoms with Crippen molar-refractivity contribution in [1.82, 2.24) is 10.2 Å². The lowest BCUT2D eigenvalue weighted by atomic mass is 10.2. The summed E-state index contributed by atoms with van der Waals surface area (Å²) in [7, 11) is 3.91. The van der Waals surface area contributed by atoms with E-state index in [1.165, 1.54) is 24.3 Å². The highest BCUT2D eigenvalue weighted by Crippen LogP contribution is 2.02. The van der Waals surface area contributed by atoms with Crippen molar-refractivity contribution in [3.63, 3.8) is 0 Å². The lowest BCUT2D eigenvalue weighted by molar-refractivity contribution is 0.0943. The number of likely N-dealkylation sites (N-methyl/N-ethyl adjacent to an activating group) is 1. The molecule has 0 aliphatic rings. The number of hydrogen-bond donors (Lipinski definition) is 1. The second-order valence-corrected chi connectivity index (χ2v) is 4.03. The van der Waals surface area contributed by atoms with Gasteiger partial charge in [-0.15, -0.1) is 0 Å². The molecule has 16 heavy (non-hydrogen) atoms. The van der Waals surface area contributed by atoms with Gasteiger partial charge in [-0.1, -0.05) is 0 Å². The second kappa shape index (κ2) is 5.61. The fraction of sp³-hybridized carbons (Fsp3) is 0.417. The lowest BCUT2D eigenvalue weighted by Gasteiger charge is -2.19. The molecule has 1 amide bonds. The number of hydrogen-bond acceptors (Lipinski definition) is 2. The van der Waals surface area contributed by atoms with Crippen LogP contribution in [-0.4, -0.2) is 37.5 Å². The van der Waals surface area contributed by atoms with Crippen LogP contribution in [0.5, 0.6) is 0 Å². The van der Waals surface area contributed by atoms with Crippen molar-refractivity contribution >= 4 is 5.91 Å². The SMILES string of the molecule is CC(CNC(=O)c1ccc(F)cc1)N(C)C. The summed E-state index contributed by atoms with van der Waals surface area (Å²) in [6.45, 7) is 2.59. The Hall–Kier alpha value is -1.42. The van der Waals surface area contributed by atoms with Crippen LogP contribution in [0.1, 0.15) is 17.3 Å². The third-order valence-electron chi connectivity index (χ3n) is 2.55. The Morgan fingerprint density at radius 2 is 1.94 bits per heavy atom. The molecule has 1 unspecified atom stereocenters. The van der Waals surface area contributed by atoms with Gasteiger partial charge in [-0.05, 0) is 45.3 Å². The summed E-state index contributed by atoms with van der Waals surface area (Å²) in [5.41, 5.74) is 0.479. The molecule has 0 saturated carbocycles.